The van der Waals surface area contributed by atoms with Crippen molar-refractivity contribution in [2.45, 2.75) is 0 Å². The molecule has 3 rings (SSSR count). The Bertz CT molecular complexity index is 1030. The number of nitrogens with one attached hydrogen (secondary N) is 2. The summed E-state index contributed by atoms with van der Waals surface area (Å²) in [6.07, 6.45) is 1.60. The molecular formula is C19H19F2N5O2. The summed E-state index contributed by atoms with van der Waals surface area (Å²) >= 11 is 0. The van der Waals surface area contributed by atoms with Crippen molar-refractivity contribution >= 4 is 23.0 Å². The van der Waals surface area contributed by atoms with Crippen molar-refractivity contribution in [3.05, 3.63) is 65.7 Å². The number of pyridine rings is 1. The summed E-state index contributed by atoms with van der Waals surface area (Å²) in [5, 5.41) is 5.22. The van der Waals surface area contributed by atoms with Gasteiger partial charge in [0.15, 0.2) is 17.3 Å². The molecule has 0 radical (unpaired) electrons. The minimum atomic E-state index is -1.08. The first-order chi connectivity index (χ1) is 13.4. The maximum atomic E-state index is 13.4. The molecule has 0 saturated heterocycles. The number of fused-ring (bicyclic) bond motifs is 1. The number of nitrogens with zero attached hydrogens (tertiary/aromatic N) is 3. The normalized spacial score (nSPS) is 11.0. The van der Waals surface area contributed by atoms with E-state index in [2.05, 4.69) is 15.6 Å². The minimum Gasteiger partial charge on any atom is -0.349 e. The number of benzene rings is 1. The quantitative estimate of drug-likeness (QED) is 0.679. The van der Waals surface area contributed by atoms with Crippen LogP contribution in [0.5, 0.6) is 0 Å². The summed E-state index contributed by atoms with van der Waals surface area (Å²) < 4.78 is 27.9. The lowest BCUT2D eigenvalue weighted by Crippen LogP contribution is -2.31. The van der Waals surface area contributed by atoms with Gasteiger partial charge in [0.05, 0.1) is 5.52 Å². The number of carbonyl (C=O) groups is 2. The molecule has 2 amide bonds. The lowest BCUT2D eigenvalue weighted by molar-refractivity contribution is 0.0948. The number of aromatic nitrogens is 2. The first-order valence-electron chi connectivity index (χ1n) is 8.53. The van der Waals surface area contributed by atoms with Crippen LogP contribution in [0.3, 0.4) is 0 Å². The first-order valence-corrected chi connectivity index (χ1v) is 8.53. The zero-order chi connectivity index (χ0) is 20.3. The standard InChI is InChI=1S/C19H19F2N5O2/c1-25(2)10-8-22-18(27)16-15-5-3-4-9-26(15)17(24-16)19(28)23-12-6-7-13(20)14(21)11-12/h3-7,9,11H,8,10H2,1-2H3,(H,22,27)(H,23,28). The van der Waals surface area contributed by atoms with E-state index in [9.17, 15) is 18.4 Å². The molecule has 0 bridgehead atoms. The molecule has 146 valence electrons. The molecule has 2 aromatic heterocycles. The summed E-state index contributed by atoms with van der Waals surface area (Å²) in [5.41, 5.74) is 0.642. The number of halogens is 2. The fraction of sp³-hybridized carbons (Fsp3) is 0.211. The van der Waals surface area contributed by atoms with E-state index in [0.717, 1.165) is 12.1 Å². The molecule has 9 heteroatoms. The molecule has 28 heavy (non-hydrogen) atoms. The van der Waals surface area contributed by atoms with E-state index in [-0.39, 0.29) is 17.2 Å². The van der Waals surface area contributed by atoms with Crippen LogP contribution in [0, 0.1) is 11.6 Å². The van der Waals surface area contributed by atoms with E-state index in [0.29, 0.717) is 18.6 Å². The van der Waals surface area contributed by atoms with Gasteiger partial charge in [-0.25, -0.2) is 13.8 Å². The molecule has 0 aliphatic heterocycles. The van der Waals surface area contributed by atoms with Crippen LogP contribution >= 0.6 is 0 Å². The third-order valence-corrected chi connectivity index (χ3v) is 3.99. The molecule has 0 saturated carbocycles. The van der Waals surface area contributed by atoms with Gasteiger partial charge in [-0.3, -0.25) is 14.0 Å². The molecule has 1 aromatic carbocycles. The number of rotatable bonds is 6. The number of amides is 2. The van der Waals surface area contributed by atoms with Crippen molar-refractivity contribution < 1.29 is 18.4 Å². The topological polar surface area (TPSA) is 78.7 Å². The SMILES string of the molecule is CN(C)CCNC(=O)c1nc(C(=O)Nc2ccc(F)c(F)c2)n2ccccc12. The van der Waals surface area contributed by atoms with Gasteiger partial charge in [0.25, 0.3) is 11.8 Å². The average molecular weight is 387 g/mol. The van der Waals surface area contributed by atoms with Crippen LogP contribution in [0.25, 0.3) is 5.52 Å². The molecule has 3 aromatic rings. The zero-order valence-electron chi connectivity index (χ0n) is 15.4. The van der Waals surface area contributed by atoms with E-state index in [4.69, 9.17) is 0 Å². The highest BCUT2D eigenvalue weighted by Gasteiger charge is 2.21. The minimum absolute atomic E-state index is 0.0434. The number of carbonyl (C=O) groups excluding carboxylic acids is 2. The first kappa shape index (κ1) is 19.4. The van der Waals surface area contributed by atoms with Gasteiger partial charge in [0.2, 0.25) is 5.82 Å². The van der Waals surface area contributed by atoms with E-state index < -0.39 is 23.4 Å². The summed E-state index contributed by atoms with van der Waals surface area (Å²) in [6.45, 7) is 1.08. The Morgan fingerprint density at radius 3 is 2.61 bits per heavy atom. The number of hydrogen-bond donors (Lipinski definition) is 2. The number of imidazole rings is 1. The molecule has 2 heterocycles. The Morgan fingerprint density at radius 1 is 1.11 bits per heavy atom. The molecule has 7 nitrogen and oxygen atoms in total. The van der Waals surface area contributed by atoms with Crippen molar-refractivity contribution in [3.8, 4) is 0 Å². The Kier molecular flexibility index (Phi) is 5.65. The largest absolute Gasteiger partial charge is 0.349 e. The lowest BCUT2D eigenvalue weighted by Gasteiger charge is -2.09. The van der Waals surface area contributed by atoms with Crippen LogP contribution in [-0.4, -0.2) is 53.3 Å². The highest BCUT2D eigenvalue weighted by molar-refractivity contribution is 6.06. The van der Waals surface area contributed by atoms with Gasteiger partial charge in [-0.15, -0.1) is 0 Å². The second kappa shape index (κ2) is 8.13. The Hall–Kier alpha value is -3.33. The van der Waals surface area contributed by atoms with Crippen molar-refractivity contribution in [1.82, 2.24) is 19.6 Å². The second-order valence-electron chi connectivity index (χ2n) is 6.38. The van der Waals surface area contributed by atoms with Crippen molar-refractivity contribution in [2.24, 2.45) is 0 Å². The molecule has 0 aliphatic rings. The summed E-state index contributed by atoms with van der Waals surface area (Å²) in [6, 6.07) is 8.11. The van der Waals surface area contributed by atoms with Crippen LogP contribution < -0.4 is 10.6 Å². The van der Waals surface area contributed by atoms with E-state index >= 15 is 0 Å². The predicted octanol–water partition coefficient (Wildman–Crippen LogP) is 2.16. The molecular weight excluding hydrogens is 368 g/mol. The molecule has 0 fully saturated rings. The monoisotopic (exact) mass is 387 g/mol. The highest BCUT2D eigenvalue weighted by atomic mass is 19.2. The number of hydrogen-bond acceptors (Lipinski definition) is 4. The lowest BCUT2D eigenvalue weighted by atomic mass is 10.3. The fourth-order valence-corrected chi connectivity index (χ4v) is 2.60. The van der Waals surface area contributed by atoms with Gasteiger partial charge in [-0.2, -0.15) is 0 Å². The second-order valence-corrected chi connectivity index (χ2v) is 6.38. The number of likely N-dealkylation sites (N-methyl/N-ethyl adjacent to an activating group) is 1. The third-order valence-electron chi connectivity index (χ3n) is 3.99. The summed E-state index contributed by atoms with van der Waals surface area (Å²) in [7, 11) is 3.78. The third kappa shape index (κ3) is 4.15. The van der Waals surface area contributed by atoms with Gasteiger partial charge in [-0.1, -0.05) is 6.07 Å². The number of anilines is 1. The van der Waals surface area contributed by atoms with Crippen molar-refractivity contribution in [2.75, 3.05) is 32.5 Å². The Labute approximate surface area is 160 Å². The highest BCUT2D eigenvalue weighted by Crippen LogP contribution is 2.17. The molecule has 0 atom stereocenters. The van der Waals surface area contributed by atoms with Gasteiger partial charge in [-0.05, 0) is 38.4 Å². The smallest absolute Gasteiger partial charge is 0.292 e. The van der Waals surface area contributed by atoms with Gasteiger partial charge < -0.3 is 15.5 Å². The fourth-order valence-electron chi connectivity index (χ4n) is 2.60. The molecule has 2 N–H and O–H groups in total. The maximum absolute atomic E-state index is 13.4. The van der Waals surface area contributed by atoms with Crippen LogP contribution in [0.1, 0.15) is 21.1 Å². The van der Waals surface area contributed by atoms with Crippen LogP contribution in [0.2, 0.25) is 0 Å². The molecule has 0 spiro atoms. The van der Waals surface area contributed by atoms with Crippen LogP contribution in [-0.2, 0) is 0 Å². The van der Waals surface area contributed by atoms with Gasteiger partial charge >= 0.3 is 0 Å². The van der Waals surface area contributed by atoms with Crippen LogP contribution in [0.15, 0.2) is 42.6 Å². The average Bonchev–Trinajstić information content (AvgIpc) is 3.04. The van der Waals surface area contributed by atoms with Gasteiger partial charge in [0.1, 0.15) is 0 Å². The Morgan fingerprint density at radius 2 is 1.89 bits per heavy atom. The zero-order valence-corrected chi connectivity index (χ0v) is 15.4. The maximum Gasteiger partial charge on any atom is 0.292 e. The summed E-state index contributed by atoms with van der Waals surface area (Å²) in [5.74, 6) is -3.19. The van der Waals surface area contributed by atoms with Crippen molar-refractivity contribution in [1.29, 1.82) is 0 Å². The van der Waals surface area contributed by atoms with Crippen molar-refractivity contribution in [3.63, 3.8) is 0 Å². The Balaban J connectivity index is 1.87. The van der Waals surface area contributed by atoms with E-state index in [1.54, 1.807) is 24.4 Å². The van der Waals surface area contributed by atoms with Crippen LogP contribution in [0.4, 0.5) is 14.5 Å². The van der Waals surface area contributed by atoms with E-state index in [1.165, 1.54) is 10.5 Å². The van der Waals surface area contributed by atoms with E-state index in [1.807, 2.05) is 19.0 Å². The van der Waals surface area contributed by atoms with Gasteiger partial charge in [0, 0.05) is 31.0 Å². The molecule has 0 aliphatic carbocycles. The molecule has 0 unspecified atom stereocenters. The summed E-state index contributed by atoms with van der Waals surface area (Å²) in [4.78, 5) is 31.2. The predicted molar refractivity (Wildman–Crippen MR) is 100 cm³/mol.